The highest BCUT2D eigenvalue weighted by molar-refractivity contribution is 6.03. The molecule has 9 nitrogen and oxygen atoms in total. The lowest BCUT2D eigenvalue weighted by molar-refractivity contribution is 0.0643. The molecule has 2 fully saturated rings. The number of benzene rings is 1. The molecule has 9 heteroatoms. The van der Waals surface area contributed by atoms with E-state index in [4.69, 9.17) is 0 Å². The van der Waals surface area contributed by atoms with Crippen LogP contribution in [0.25, 0.3) is 0 Å². The first-order chi connectivity index (χ1) is 14.1. The lowest BCUT2D eigenvalue weighted by atomic mass is 10.1. The number of carbonyl (C=O) groups is 2. The smallest absolute Gasteiger partial charge is 0.277 e. The van der Waals surface area contributed by atoms with Crippen LogP contribution in [-0.2, 0) is 0 Å². The van der Waals surface area contributed by atoms with Gasteiger partial charge < -0.3 is 20.4 Å². The Labute approximate surface area is 170 Å². The van der Waals surface area contributed by atoms with Gasteiger partial charge in [0.2, 0.25) is 0 Å². The standard InChI is InChI=1S/C20H27N7O2/c1-2-25-9-11-26(12-10-25)20(29)15-3-5-16(6-4-15)22-19(28)18-14-27(24-23-18)17-7-8-21-13-17/h3-6,14,17,21H,2,7-13H2,1H3,(H,22,28). The fraction of sp³-hybridized carbons (Fsp3) is 0.500. The Morgan fingerprint density at radius 1 is 1.17 bits per heavy atom. The molecule has 2 amide bonds. The Morgan fingerprint density at radius 2 is 1.93 bits per heavy atom. The molecular weight excluding hydrogens is 370 g/mol. The van der Waals surface area contributed by atoms with Crippen LogP contribution in [0.4, 0.5) is 5.69 Å². The minimum absolute atomic E-state index is 0.0340. The van der Waals surface area contributed by atoms with Crippen molar-refractivity contribution >= 4 is 17.5 Å². The number of aromatic nitrogens is 3. The summed E-state index contributed by atoms with van der Waals surface area (Å²) in [5.74, 6) is -0.274. The number of piperazine rings is 1. The van der Waals surface area contributed by atoms with Crippen LogP contribution in [0, 0.1) is 0 Å². The number of rotatable bonds is 5. The molecule has 3 heterocycles. The summed E-state index contributed by atoms with van der Waals surface area (Å²) in [5.41, 5.74) is 1.54. The zero-order valence-corrected chi connectivity index (χ0v) is 16.7. The van der Waals surface area contributed by atoms with E-state index >= 15 is 0 Å². The van der Waals surface area contributed by atoms with Gasteiger partial charge in [0.15, 0.2) is 5.69 Å². The van der Waals surface area contributed by atoms with E-state index in [0.717, 1.165) is 52.2 Å². The highest BCUT2D eigenvalue weighted by Crippen LogP contribution is 2.16. The summed E-state index contributed by atoms with van der Waals surface area (Å²) in [6.45, 7) is 8.26. The Kier molecular flexibility index (Phi) is 5.86. The Hall–Kier alpha value is -2.78. The van der Waals surface area contributed by atoms with Crippen molar-refractivity contribution < 1.29 is 9.59 Å². The van der Waals surface area contributed by atoms with Crippen LogP contribution in [-0.4, -0.2) is 82.4 Å². The molecule has 2 aromatic rings. The molecule has 0 aliphatic carbocycles. The van der Waals surface area contributed by atoms with E-state index < -0.39 is 0 Å². The highest BCUT2D eigenvalue weighted by Gasteiger charge is 2.22. The Morgan fingerprint density at radius 3 is 2.59 bits per heavy atom. The molecule has 0 saturated carbocycles. The van der Waals surface area contributed by atoms with Gasteiger partial charge in [-0.1, -0.05) is 12.1 Å². The molecule has 2 N–H and O–H groups in total. The lowest BCUT2D eigenvalue weighted by Gasteiger charge is -2.34. The average Bonchev–Trinajstić information content (AvgIpc) is 3.46. The van der Waals surface area contributed by atoms with Crippen molar-refractivity contribution in [2.24, 2.45) is 0 Å². The normalized spacial score (nSPS) is 20.0. The lowest BCUT2D eigenvalue weighted by Crippen LogP contribution is -2.48. The van der Waals surface area contributed by atoms with Crippen molar-refractivity contribution in [3.8, 4) is 0 Å². The molecule has 4 rings (SSSR count). The first kappa shape index (κ1) is 19.5. The van der Waals surface area contributed by atoms with Crippen LogP contribution in [0.15, 0.2) is 30.5 Å². The summed E-state index contributed by atoms with van der Waals surface area (Å²) in [5, 5.41) is 14.1. The van der Waals surface area contributed by atoms with E-state index in [1.165, 1.54) is 0 Å². The second-order valence-electron chi connectivity index (χ2n) is 7.49. The maximum absolute atomic E-state index is 12.7. The molecule has 0 bridgehead atoms. The van der Waals surface area contributed by atoms with Gasteiger partial charge in [-0.05, 0) is 43.8 Å². The molecular formula is C20H27N7O2. The maximum Gasteiger partial charge on any atom is 0.277 e. The van der Waals surface area contributed by atoms with Crippen LogP contribution in [0.1, 0.15) is 40.2 Å². The average molecular weight is 397 g/mol. The van der Waals surface area contributed by atoms with Crippen molar-refractivity contribution in [1.29, 1.82) is 0 Å². The third kappa shape index (κ3) is 4.46. The summed E-state index contributed by atoms with van der Waals surface area (Å²) in [6, 6.07) is 7.25. The zero-order chi connectivity index (χ0) is 20.2. The predicted octanol–water partition coefficient (Wildman–Crippen LogP) is 0.843. The van der Waals surface area contributed by atoms with Gasteiger partial charge in [0.25, 0.3) is 11.8 Å². The molecule has 2 aliphatic rings. The molecule has 1 atom stereocenters. The fourth-order valence-corrected chi connectivity index (χ4v) is 3.77. The molecule has 29 heavy (non-hydrogen) atoms. The van der Waals surface area contributed by atoms with Gasteiger partial charge in [-0.15, -0.1) is 5.10 Å². The number of amides is 2. The van der Waals surface area contributed by atoms with Crippen molar-refractivity contribution in [3.05, 3.63) is 41.7 Å². The van der Waals surface area contributed by atoms with Crippen molar-refractivity contribution in [3.63, 3.8) is 0 Å². The number of hydrogen-bond donors (Lipinski definition) is 2. The third-order valence-corrected chi connectivity index (χ3v) is 5.65. The number of nitrogens with one attached hydrogen (secondary N) is 2. The monoisotopic (exact) mass is 397 g/mol. The number of hydrogen-bond acceptors (Lipinski definition) is 6. The number of nitrogens with zero attached hydrogens (tertiary/aromatic N) is 5. The Balaban J connectivity index is 1.34. The molecule has 0 spiro atoms. The molecule has 0 radical (unpaired) electrons. The van der Waals surface area contributed by atoms with Crippen molar-refractivity contribution in [2.75, 3.05) is 51.1 Å². The van der Waals surface area contributed by atoms with Gasteiger partial charge in [-0.2, -0.15) is 0 Å². The van der Waals surface area contributed by atoms with E-state index in [2.05, 4.69) is 32.8 Å². The molecule has 1 aromatic carbocycles. The molecule has 1 aromatic heterocycles. The minimum atomic E-state index is -0.308. The van der Waals surface area contributed by atoms with E-state index in [1.54, 1.807) is 35.1 Å². The van der Waals surface area contributed by atoms with Crippen molar-refractivity contribution in [1.82, 2.24) is 30.1 Å². The summed E-state index contributed by atoms with van der Waals surface area (Å²) >= 11 is 0. The molecule has 1 unspecified atom stereocenters. The SMILES string of the molecule is CCN1CCN(C(=O)c2ccc(NC(=O)c3cn(C4CCNC4)nn3)cc2)CC1. The van der Waals surface area contributed by atoms with E-state index in [-0.39, 0.29) is 23.6 Å². The number of anilines is 1. The number of likely N-dealkylation sites (N-methyl/N-ethyl adjacent to an activating group) is 1. The van der Waals surface area contributed by atoms with Gasteiger partial charge in [0.05, 0.1) is 12.2 Å². The first-order valence-electron chi connectivity index (χ1n) is 10.2. The zero-order valence-electron chi connectivity index (χ0n) is 16.7. The van der Waals surface area contributed by atoms with E-state index in [9.17, 15) is 9.59 Å². The van der Waals surface area contributed by atoms with Gasteiger partial charge in [0, 0.05) is 44.0 Å². The maximum atomic E-state index is 12.7. The summed E-state index contributed by atoms with van der Waals surface area (Å²) in [6.07, 6.45) is 2.66. The molecule has 154 valence electrons. The summed E-state index contributed by atoms with van der Waals surface area (Å²) in [4.78, 5) is 29.3. The largest absolute Gasteiger partial charge is 0.336 e. The van der Waals surface area contributed by atoms with Crippen molar-refractivity contribution in [2.45, 2.75) is 19.4 Å². The highest BCUT2D eigenvalue weighted by atomic mass is 16.2. The topological polar surface area (TPSA) is 95.4 Å². The van der Waals surface area contributed by atoms with Crippen LogP contribution in [0.2, 0.25) is 0 Å². The quantitative estimate of drug-likeness (QED) is 0.776. The summed E-state index contributed by atoms with van der Waals surface area (Å²) < 4.78 is 1.75. The fourth-order valence-electron chi connectivity index (χ4n) is 3.77. The van der Waals surface area contributed by atoms with E-state index in [0.29, 0.717) is 11.3 Å². The predicted molar refractivity (Wildman–Crippen MR) is 109 cm³/mol. The van der Waals surface area contributed by atoms with Crippen LogP contribution in [0.5, 0.6) is 0 Å². The van der Waals surface area contributed by atoms with Gasteiger partial charge in [0.1, 0.15) is 0 Å². The number of carbonyl (C=O) groups excluding carboxylic acids is 2. The second-order valence-corrected chi connectivity index (χ2v) is 7.49. The summed E-state index contributed by atoms with van der Waals surface area (Å²) in [7, 11) is 0. The van der Waals surface area contributed by atoms with Crippen LogP contribution < -0.4 is 10.6 Å². The van der Waals surface area contributed by atoms with Gasteiger partial charge >= 0.3 is 0 Å². The molecule has 2 saturated heterocycles. The van der Waals surface area contributed by atoms with Crippen LogP contribution in [0.3, 0.4) is 0 Å². The second kappa shape index (κ2) is 8.71. The minimum Gasteiger partial charge on any atom is -0.336 e. The van der Waals surface area contributed by atoms with Gasteiger partial charge in [-0.3, -0.25) is 9.59 Å². The molecule has 2 aliphatic heterocycles. The van der Waals surface area contributed by atoms with E-state index in [1.807, 2.05) is 4.90 Å². The van der Waals surface area contributed by atoms with Gasteiger partial charge in [-0.25, -0.2) is 4.68 Å². The third-order valence-electron chi connectivity index (χ3n) is 5.65. The Bertz CT molecular complexity index is 850. The van der Waals surface area contributed by atoms with Crippen LogP contribution >= 0.6 is 0 Å². The first-order valence-corrected chi connectivity index (χ1v) is 10.2.